The molecule has 0 aromatic heterocycles. The number of hydrogen-bond acceptors (Lipinski definition) is 0. The second-order valence-corrected chi connectivity index (χ2v) is 2.85. The predicted molar refractivity (Wildman–Crippen MR) is 41.9 cm³/mol. The molecule has 50 valence electrons. The van der Waals surface area contributed by atoms with Crippen LogP contribution in [-0.2, 0) is 0 Å². The van der Waals surface area contributed by atoms with Crippen LogP contribution in [0, 0.1) is 5.82 Å². The highest BCUT2D eigenvalue weighted by Crippen LogP contribution is 2.05. The molecule has 0 fully saturated rings. The minimum Gasteiger partial charge on any atom is -0.206 e. The van der Waals surface area contributed by atoms with E-state index in [0.29, 0.717) is 5.56 Å². The zero-order chi connectivity index (χ0) is 7.56. The molecule has 1 rings (SSSR count). The second kappa shape index (κ2) is 2.88. The van der Waals surface area contributed by atoms with Gasteiger partial charge in [0, 0.05) is 15.4 Å². The van der Waals surface area contributed by atoms with Crippen LogP contribution >= 0.6 is 0 Å². The van der Waals surface area contributed by atoms with E-state index in [1.54, 1.807) is 12.1 Å². The largest absolute Gasteiger partial charge is 0.206 e. The molecule has 1 aromatic rings. The highest BCUT2D eigenvalue weighted by atomic mass is 28.1. The third kappa shape index (κ3) is 1.39. The first kappa shape index (κ1) is 7.35. The molecular weight excluding hydrogens is 143 g/mol. The summed E-state index contributed by atoms with van der Waals surface area (Å²) < 4.78 is 12.8. The molecule has 1 aromatic carbocycles. The molecular formula is C8H7FSi. The predicted octanol–water partition coefficient (Wildman–Crippen LogP) is 1.53. The number of hydrogen-bond donors (Lipinski definition) is 0. The Hall–Kier alpha value is -0.763. The number of rotatable bonds is 1. The van der Waals surface area contributed by atoms with Crippen LogP contribution in [0.5, 0.6) is 0 Å². The molecule has 0 saturated heterocycles. The maximum absolute atomic E-state index is 12.8. The first-order chi connectivity index (χ1) is 4.72. The van der Waals surface area contributed by atoms with Crippen LogP contribution in [0.4, 0.5) is 4.39 Å². The molecule has 0 nitrogen and oxygen atoms in total. The Morgan fingerprint density at radius 1 is 1.40 bits per heavy atom. The molecule has 0 heterocycles. The van der Waals surface area contributed by atoms with Crippen LogP contribution in [0.15, 0.2) is 24.3 Å². The first-order valence-corrected chi connectivity index (χ1v) is 3.52. The van der Waals surface area contributed by atoms with Crippen LogP contribution in [0.1, 0.15) is 12.5 Å². The van der Waals surface area contributed by atoms with E-state index in [4.69, 9.17) is 0 Å². The fourth-order valence-electron chi connectivity index (χ4n) is 0.765. The van der Waals surface area contributed by atoms with Crippen molar-refractivity contribution in [1.82, 2.24) is 0 Å². The highest BCUT2D eigenvalue weighted by molar-refractivity contribution is 6.42. The van der Waals surface area contributed by atoms with Gasteiger partial charge in [0.25, 0.3) is 0 Å². The summed E-state index contributed by atoms with van der Waals surface area (Å²) in [5.74, 6) is -0.185. The van der Waals surface area contributed by atoms with Crippen molar-refractivity contribution in [1.29, 1.82) is 0 Å². The Kier molecular flexibility index (Phi) is 2.12. The lowest BCUT2D eigenvalue weighted by atomic mass is 10.1. The Morgan fingerprint density at radius 2 is 2.00 bits per heavy atom. The van der Waals surface area contributed by atoms with Gasteiger partial charge in [0.15, 0.2) is 0 Å². The molecule has 0 N–H and O–H groups in total. The van der Waals surface area contributed by atoms with Crippen molar-refractivity contribution in [3.8, 4) is 0 Å². The van der Waals surface area contributed by atoms with Gasteiger partial charge in [-0.25, -0.2) is 4.39 Å². The van der Waals surface area contributed by atoms with Crippen molar-refractivity contribution in [2.75, 3.05) is 0 Å². The average Bonchev–Trinajstić information content (AvgIpc) is 1.88. The van der Waals surface area contributed by atoms with Crippen LogP contribution in [0.3, 0.4) is 0 Å². The van der Waals surface area contributed by atoms with Crippen molar-refractivity contribution < 1.29 is 4.39 Å². The third-order valence-corrected chi connectivity index (χ3v) is 1.55. The highest BCUT2D eigenvalue weighted by Gasteiger charge is 1.98. The molecule has 2 radical (unpaired) electrons. The van der Waals surface area contributed by atoms with Crippen LogP contribution < -0.4 is 0 Å². The third-order valence-electron chi connectivity index (χ3n) is 1.28. The van der Waals surface area contributed by atoms with E-state index in [1.807, 2.05) is 13.0 Å². The van der Waals surface area contributed by atoms with Crippen LogP contribution in [-0.4, -0.2) is 15.0 Å². The quantitative estimate of drug-likeness (QED) is 0.533. The smallest absolute Gasteiger partial charge is 0.130 e. The lowest BCUT2D eigenvalue weighted by Crippen LogP contribution is -1.97. The monoisotopic (exact) mass is 150 g/mol. The summed E-state index contributed by atoms with van der Waals surface area (Å²) in [5.41, 5.74) is 0.624. The van der Waals surface area contributed by atoms with Gasteiger partial charge in [-0.1, -0.05) is 23.4 Å². The minimum absolute atomic E-state index is 0.185. The summed E-state index contributed by atoms with van der Waals surface area (Å²) in [6, 6.07) is 6.66. The molecule has 0 saturated carbocycles. The first-order valence-electron chi connectivity index (χ1n) is 3.02. The molecule has 0 unspecified atom stereocenters. The summed E-state index contributed by atoms with van der Waals surface area (Å²) in [4.78, 5) is 0. The molecule has 0 amide bonds. The van der Waals surface area contributed by atoms with E-state index in [-0.39, 0.29) is 5.82 Å². The minimum atomic E-state index is -0.185. The Balaban J connectivity index is 3.15. The van der Waals surface area contributed by atoms with Gasteiger partial charge in [-0.15, -0.1) is 0 Å². The van der Waals surface area contributed by atoms with Gasteiger partial charge in [-0.05, 0) is 13.0 Å². The van der Waals surface area contributed by atoms with Crippen molar-refractivity contribution in [2.45, 2.75) is 6.92 Å². The van der Waals surface area contributed by atoms with Crippen molar-refractivity contribution in [3.05, 3.63) is 35.6 Å². The maximum atomic E-state index is 12.8. The number of benzene rings is 1. The molecule has 0 bridgehead atoms. The van der Waals surface area contributed by atoms with E-state index in [2.05, 4.69) is 9.85 Å². The lowest BCUT2D eigenvalue weighted by molar-refractivity contribution is 0.625. The van der Waals surface area contributed by atoms with Crippen molar-refractivity contribution in [2.24, 2.45) is 0 Å². The van der Waals surface area contributed by atoms with Crippen molar-refractivity contribution in [3.63, 3.8) is 0 Å². The lowest BCUT2D eigenvalue weighted by Gasteiger charge is -1.98. The Morgan fingerprint density at radius 3 is 2.40 bits per heavy atom. The van der Waals surface area contributed by atoms with E-state index in [9.17, 15) is 4.39 Å². The van der Waals surface area contributed by atoms with E-state index >= 15 is 0 Å². The molecule has 0 aliphatic carbocycles. The molecule has 10 heavy (non-hydrogen) atoms. The van der Waals surface area contributed by atoms with Crippen LogP contribution in [0.25, 0.3) is 0 Å². The molecule has 0 aliphatic rings. The molecule has 0 aliphatic heterocycles. The van der Waals surface area contributed by atoms with Gasteiger partial charge >= 0.3 is 0 Å². The zero-order valence-electron chi connectivity index (χ0n) is 5.69. The van der Waals surface area contributed by atoms with Gasteiger partial charge in [-0.3, -0.25) is 0 Å². The van der Waals surface area contributed by atoms with E-state index in [1.165, 1.54) is 6.07 Å². The van der Waals surface area contributed by atoms with Gasteiger partial charge < -0.3 is 0 Å². The fraction of sp³-hybridized carbons (Fsp3) is 0.125. The summed E-state index contributed by atoms with van der Waals surface area (Å²) in [7, 11) is 3.26. The van der Waals surface area contributed by atoms with Crippen LogP contribution in [0.2, 0.25) is 0 Å². The summed E-state index contributed by atoms with van der Waals surface area (Å²) in [6.07, 6.45) is 0. The normalized spacial score (nSPS) is 9.40. The van der Waals surface area contributed by atoms with E-state index in [0.717, 1.165) is 5.17 Å². The maximum Gasteiger partial charge on any atom is 0.130 e. The molecule has 0 spiro atoms. The number of halogens is 1. The summed E-state index contributed by atoms with van der Waals surface area (Å²) in [5, 5.41) is 0.818. The van der Waals surface area contributed by atoms with Gasteiger partial charge in [0.1, 0.15) is 5.82 Å². The zero-order valence-corrected chi connectivity index (χ0v) is 6.69. The SMILES string of the molecule is CC(=[Si])c1ccccc1F. The summed E-state index contributed by atoms with van der Waals surface area (Å²) >= 11 is 0. The Labute approximate surface area is 62.7 Å². The topological polar surface area (TPSA) is 0 Å². The fourth-order valence-corrected chi connectivity index (χ4v) is 0.968. The van der Waals surface area contributed by atoms with Gasteiger partial charge in [0.05, 0.1) is 0 Å². The van der Waals surface area contributed by atoms with Crippen molar-refractivity contribution >= 4 is 15.0 Å². The standard InChI is InChI=1S/C8H7FSi/c1-6(10)7-4-2-3-5-8(7)9/h2-5H,1H3. The second-order valence-electron chi connectivity index (χ2n) is 2.10. The molecule has 2 heteroatoms. The van der Waals surface area contributed by atoms with Gasteiger partial charge in [-0.2, -0.15) is 0 Å². The summed E-state index contributed by atoms with van der Waals surface area (Å²) in [6.45, 7) is 1.81. The molecule has 0 atom stereocenters. The average molecular weight is 150 g/mol. The van der Waals surface area contributed by atoms with Gasteiger partial charge in [0.2, 0.25) is 0 Å². The Bertz CT molecular complexity index is 255. The van der Waals surface area contributed by atoms with E-state index < -0.39 is 0 Å².